The second-order valence-corrected chi connectivity index (χ2v) is 10.0. The van der Waals surface area contributed by atoms with E-state index in [0.29, 0.717) is 23.5 Å². The number of nitrogens with two attached hydrogens (primary N) is 2. The summed E-state index contributed by atoms with van der Waals surface area (Å²) in [5.74, 6) is -3.03. The summed E-state index contributed by atoms with van der Waals surface area (Å²) >= 11 is 3.00. The van der Waals surface area contributed by atoms with E-state index in [2.05, 4.69) is 16.0 Å². The molecule has 13 heteroatoms. The van der Waals surface area contributed by atoms with E-state index < -0.39 is 60.2 Å². The minimum atomic E-state index is -1.42. The molecule has 1 aromatic carbocycles. The molecule has 1 rings (SSSR count). The molecule has 4 atom stereocenters. The van der Waals surface area contributed by atoms with Gasteiger partial charge in [-0.15, -0.1) is 0 Å². The number of rotatable bonds is 17. The third-order valence-electron chi connectivity index (χ3n) is 5.15. The average Bonchev–Trinajstić information content (AvgIpc) is 2.84. The number of hydrogen-bond acceptors (Lipinski definition) is 8. The molecule has 0 aromatic heterocycles. The first-order valence-corrected chi connectivity index (χ1v) is 14.1. The van der Waals surface area contributed by atoms with E-state index in [1.165, 1.54) is 23.5 Å². The fourth-order valence-corrected chi connectivity index (χ4v) is 4.13. The van der Waals surface area contributed by atoms with Gasteiger partial charge in [-0.05, 0) is 42.4 Å². The largest absolute Gasteiger partial charge is 0.480 e. The summed E-state index contributed by atoms with van der Waals surface area (Å²) in [6, 6.07) is 4.15. The number of primary amides is 1. The third-order valence-corrected chi connectivity index (χ3v) is 6.44. The number of carbonyl (C=O) groups excluding carboxylic acids is 4. The molecule has 200 valence electrons. The lowest BCUT2D eigenvalue weighted by Crippen LogP contribution is -2.58. The number of aliphatic carboxylic acids is 1. The third kappa shape index (κ3) is 11.8. The van der Waals surface area contributed by atoms with Crippen LogP contribution in [0.4, 0.5) is 0 Å². The van der Waals surface area contributed by atoms with Gasteiger partial charge in [-0.3, -0.25) is 19.2 Å². The maximum Gasteiger partial charge on any atom is 0.326 e. The van der Waals surface area contributed by atoms with Crippen LogP contribution >= 0.6 is 23.5 Å². The molecule has 36 heavy (non-hydrogen) atoms. The molecule has 4 unspecified atom stereocenters. The molecule has 0 aliphatic rings. The van der Waals surface area contributed by atoms with Gasteiger partial charge in [-0.25, -0.2) is 4.79 Å². The van der Waals surface area contributed by atoms with Crippen molar-refractivity contribution < 1.29 is 29.1 Å². The van der Waals surface area contributed by atoms with Gasteiger partial charge in [-0.2, -0.15) is 23.5 Å². The smallest absolute Gasteiger partial charge is 0.326 e. The molecule has 0 saturated carbocycles. The minimum absolute atomic E-state index is 0.000505. The molecule has 0 fully saturated rings. The van der Waals surface area contributed by atoms with E-state index in [-0.39, 0.29) is 12.8 Å². The highest BCUT2D eigenvalue weighted by Gasteiger charge is 2.31. The first-order valence-electron chi connectivity index (χ1n) is 11.3. The Balaban J connectivity index is 2.96. The number of hydrogen-bond donors (Lipinski definition) is 6. The lowest BCUT2D eigenvalue weighted by Gasteiger charge is -2.24. The van der Waals surface area contributed by atoms with E-state index in [9.17, 15) is 29.1 Å². The number of thioether (sulfide) groups is 2. The van der Waals surface area contributed by atoms with Crippen LogP contribution in [0.1, 0.15) is 24.8 Å². The monoisotopic (exact) mass is 541 g/mol. The molecule has 0 spiro atoms. The Morgan fingerprint density at radius 2 is 1.36 bits per heavy atom. The van der Waals surface area contributed by atoms with Gasteiger partial charge in [-0.1, -0.05) is 30.3 Å². The van der Waals surface area contributed by atoms with Crippen LogP contribution in [0, 0.1) is 0 Å². The zero-order chi connectivity index (χ0) is 27.1. The van der Waals surface area contributed by atoms with Gasteiger partial charge < -0.3 is 32.5 Å². The first-order chi connectivity index (χ1) is 17.1. The summed E-state index contributed by atoms with van der Waals surface area (Å²) in [5.41, 5.74) is 11.8. The molecule has 0 heterocycles. The van der Waals surface area contributed by atoms with Crippen LogP contribution < -0.4 is 27.4 Å². The molecule has 11 nitrogen and oxygen atoms in total. The van der Waals surface area contributed by atoms with Crippen LogP contribution in [0.25, 0.3) is 0 Å². The van der Waals surface area contributed by atoms with Crippen molar-refractivity contribution in [3.8, 4) is 0 Å². The summed E-state index contributed by atoms with van der Waals surface area (Å²) in [7, 11) is 0. The van der Waals surface area contributed by atoms with Gasteiger partial charge in [0.25, 0.3) is 0 Å². The number of carbonyl (C=O) groups is 5. The molecule has 8 N–H and O–H groups in total. The summed E-state index contributed by atoms with van der Waals surface area (Å²) in [6.07, 6.45) is 3.85. The van der Waals surface area contributed by atoms with Crippen molar-refractivity contribution in [1.29, 1.82) is 0 Å². The predicted molar refractivity (Wildman–Crippen MR) is 141 cm³/mol. The highest BCUT2D eigenvalue weighted by atomic mass is 32.2. The van der Waals surface area contributed by atoms with Crippen LogP contribution in [0.15, 0.2) is 30.3 Å². The van der Waals surface area contributed by atoms with Crippen molar-refractivity contribution in [3.05, 3.63) is 35.9 Å². The normalized spacial score (nSPS) is 14.1. The zero-order valence-corrected chi connectivity index (χ0v) is 22.0. The van der Waals surface area contributed by atoms with Crippen molar-refractivity contribution in [3.63, 3.8) is 0 Å². The fraction of sp³-hybridized carbons (Fsp3) is 0.522. The Hall–Kier alpha value is -2.77. The Bertz CT molecular complexity index is 889. The summed E-state index contributed by atoms with van der Waals surface area (Å²) in [5, 5.41) is 17.0. The second kappa shape index (κ2) is 16.8. The molecule has 1 aromatic rings. The highest BCUT2D eigenvalue weighted by Crippen LogP contribution is 2.07. The molecule has 0 bridgehead atoms. The quantitative estimate of drug-likeness (QED) is 0.150. The number of carboxylic acid groups (broad SMARTS) is 1. The lowest BCUT2D eigenvalue weighted by molar-refractivity contribution is -0.142. The van der Waals surface area contributed by atoms with Crippen LogP contribution in [0.5, 0.6) is 0 Å². The van der Waals surface area contributed by atoms with Crippen molar-refractivity contribution in [2.75, 3.05) is 24.0 Å². The molecule has 0 aliphatic carbocycles. The highest BCUT2D eigenvalue weighted by molar-refractivity contribution is 7.98. The lowest BCUT2D eigenvalue weighted by atomic mass is 10.0. The van der Waals surface area contributed by atoms with E-state index in [4.69, 9.17) is 11.5 Å². The Morgan fingerprint density at radius 3 is 1.92 bits per heavy atom. The Morgan fingerprint density at radius 1 is 0.833 bits per heavy atom. The average molecular weight is 542 g/mol. The van der Waals surface area contributed by atoms with Crippen molar-refractivity contribution in [2.45, 2.75) is 49.9 Å². The van der Waals surface area contributed by atoms with Gasteiger partial charge >= 0.3 is 5.97 Å². The topological polar surface area (TPSA) is 194 Å². The Labute approximate surface area is 219 Å². The van der Waals surface area contributed by atoms with Crippen LogP contribution in [-0.4, -0.2) is 82.9 Å². The maximum atomic E-state index is 13.0. The van der Waals surface area contributed by atoms with Crippen molar-refractivity contribution in [2.24, 2.45) is 11.5 Å². The second-order valence-electron chi connectivity index (χ2n) is 8.05. The number of nitrogens with one attached hydrogen (secondary N) is 3. The number of benzene rings is 1. The van der Waals surface area contributed by atoms with Crippen LogP contribution in [-0.2, 0) is 30.4 Å². The van der Waals surface area contributed by atoms with Crippen molar-refractivity contribution >= 4 is 53.1 Å². The molecular formula is C23H35N5O6S2. The predicted octanol–water partition coefficient (Wildman–Crippen LogP) is -0.523. The van der Waals surface area contributed by atoms with E-state index in [1.807, 2.05) is 12.5 Å². The van der Waals surface area contributed by atoms with Gasteiger partial charge in [0, 0.05) is 6.42 Å². The summed E-state index contributed by atoms with van der Waals surface area (Å²) in [6.45, 7) is 0. The summed E-state index contributed by atoms with van der Waals surface area (Å²) in [4.78, 5) is 61.7. The molecule has 0 radical (unpaired) electrons. The van der Waals surface area contributed by atoms with Crippen LogP contribution in [0.3, 0.4) is 0 Å². The van der Waals surface area contributed by atoms with Gasteiger partial charge in [0.2, 0.25) is 23.6 Å². The Kier molecular flexibility index (Phi) is 14.6. The van der Waals surface area contributed by atoms with Gasteiger partial charge in [0.15, 0.2) is 0 Å². The van der Waals surface area contributed by atoms with E-state index >= 15 is 0 Å². The first kappa shape index (κ1) is 31.3. The summed E-state index contributed by atoms with van der Waals surface area (Å²) < 4.78 is 0. The fourth-order valence-electron chi connectivity index (χ4n) is 3.16. The molecule has 4 amide bonds. The minimum Gasteiger partial charge on any atom is -0.480 e. The number of carboxylic acids is 1. The molecule has 0 saturated heterocycles. The van der Waals surface area contributed by atoms with Crippen molar-refractivity contribution in [1.82, 2.24) is 16.0 Å². The maximum absolute atomic E-state index is 13.0. The van der Waals surface area contributed by atoms with Gasteiger partial charge in [0.1, 0.15) is 18.1 Å². The standard InChI is InChI=1S/C23H35N5O6S2/c1-35-10-8-15(24)20(30)26-16(9-11-36-2)21(31)27-17(13-19(25)29)22(32)28-18(23(33)34)12-14-6-4-3-5-7-14/h3-7,15-18H,8-13,24H2,1-2H3,(H2,25,29)(H,26,30)(H,27,31)(H,28,32)(H,33,34). The van der Waals surface area contributed by atoms with Crippen LogP contribution in [0.2, 0.25) is 0 Å². The zero-order valence-electron chi connectivity index (χ0n) is 20.4. The number of amides is 4. The molecular weight excluding hydrogens is 506 g/mol. The molecule has 0 aliphatic heterocycles. The van der Waals surface area contributed by atoms with Gasteiger partial charge in [0.05, 0.1) is 12.5 Å². The SMILES string of the molecule is CSCCC(N)C(=O)NC(CCSC)C(=O)NC(CC(N)=O)C(=O)NC(Cc1ccccc1)C(=O)O. The van der Waals surface area contributed by atoms with E-state index in [1.54, 1.807) is 30.3 Å². The van der Waals surface area contributed by atoms with E-state index in [0.717, 1.165) is 0 Å².